The molecule has 2 N–H and O–H groups in total. The van der Waals surface area contributed by atoms with Crippen molar-refractivity contribution in [2.24, 2.45) is 0 Å². The highest BCUT2D eigenvalue weighted by Crippen LogP contribution is 1.97. The second kappa shape index (κ2) is 8.53. The van der Waals surface area contributed by atoms with Crippen molar-refractivity contribution in [1.82, 2.24) is 10.2 Å². The van der Waals surface area contributed by atoms with Crippen LogP contribution < -0.4 is 5.32 Å². The van der Waals surface area contributed by atoms with Crippen LogP contribution in [0, 0.1) is 0 Å². The van der Waals surface area contributed by atoms with Gasteiger partial charge in [0.05, 0.1) is 6.10 Å². The van der Waals surface area contributed by atoms with Gasteiger partial charge in [-0.05, 0) is 33.4 Å². The van der Waals surface area contributed by atoms with E-state index in [-0.39, 0.29) is 11.9 Å². The van der Waals surface area contributed by atoms with Gasteiger partial charge in [-0.1, -0.05) is 13.8 Å². The van der Waals surface area contributed by atoms with E-state index < -0.39 is 6.10 Å². The molecule has 0 aliphatic carbocycles. The Bertz CT molecular complexity index is 191. The van der Waals surface area contributed by atoms with Crippen LogP contribution in [0.15, 0.2) is 0 Å². The van der Waals surface area contributed by atoms with Crippen LogP contribution >= 0.6 is 0 Å². The summed E-state index contributed by atoms with van der Waals surface area (Å²) >= 11 is 0. The zero-order chi connectivity index (χ0) is 12.6. The van der Waals surface area contributed by atoms with Gasteiger partial charge in [0, 0.05) is 19.0 Å². The van der Waals surface area contributed by atoms with Crippen molar-refractivity contribution in [2.75, 3.05) is 19.6 Å². The summed E-state index contributed by atoms with van der Waals surface area (Å²) in [5, 5.41) is 12.0. The molecular formula is C12H26N2O2. The van der Waals surface area contributed by atoms with E-state index in [2.05, 4.69) is 24.1 Å². The van der Waals surface area contributed by atoms with Gasteiger partial charge in [-0.2, -0.15) is 0 Å². The summed E-state index contributed by atoms with van der Waals surface area (Å²) in [7, 11) is 0. The first-order valence-corrected chi connectivity index (χ1v) is 6.19. The summed E-state index contributed by atoms with van der Waals surface area (Å²) < 4.78 is 0. The Hall–Kier alpha value is -0.610. The molecule has 0 aromatic heterocycles. The Kier molecular flexibility index (Phi) is 8.21. The second-order valence-corrected chi connectivity index (χ2v) is 4.34. The normalized spacial score (nSPS) is 14.9. The molecule has 0 bridgehead atoms. The van der Waals surface area contributed by atoms with Crippen LogP contribution in [0.2, 0.25) is 0 Å². The monoisotopic (exact) mass is 230 g/mol. The van der Waals surface area contributed by atoms with Crippen LogP contribution in [0.25, 0.3) is 0 Å². The number of hydrogen-bond donors (Lipinski definition) is 2. The van der Waals surface area contributed by atoms with E-state index in [9.17, 15) is 4.79 Å². The predicted molar refractivity (Wildman–Crippen MR) is 66.3 cm³/mol. The average molecular weight is 230 g/mol. The molecule has 0 aromatic rings. The van der Waals surface area contributed by atoms with Gasteiger partial charge in [-0.3, -0.25) is 4.79 Å². The number of carbonyl (C=O) groups is 1. The van der Waals surface area contributed by atoms with E-state index in [0.29, 0.717) is 12.8 Å². The molecule has 0 saturated heterocycles. The summed E-state index contributed by atoms with van der Waals surface area (Å²) in [5.41, 5.74) is 0. The van der Waals surface area contributed by atoms with Crippen molar-refractivity contribution in [3.05, 3.63) is 0 Å². The zero-order valence-electron chi connectivity index (χ0n) is 11.0. The number of aliphatic hydroxyl groups excluding tert-OH is 1. The molecule has 0 aliphatic rings. The number of carbonyl (C=O) groups excluding carboxylic acids is 1. The Balaban J connectivity index is 3.77. The molecular weight excluding hydrogens is 204 g/mol. The first-order chi connectivity index (χ1) is 7.49. The Labute approximate surface area is 99.0 Å². The van der Waals surface area contributed by atoms with E-state index in [4.69, 9.17) is 5.11 Å². The fraction of sp³-hybridized carbons (Fsp3) is 0.917. The number of amides is 1. The van der Waals surface area contributed by atoms with E-state index in [1.165, 1.54) is 0 Å². The Morgan fingerprint density at radius 3 is 2.31 bits per heavy atom. The van der Waals surface area contributed by atoms with Crippen molar-refractivity contribution < 1.29 is 9.90 Å². The third-order valence-corrected chi connectivity index (χ3v) is 2.62. The van der Waals surface area contributed by atoms with Crippen molar-refractivity contribution in [3.63, 3.8) is 0 Å². The molecule has 96 valence electrons. The topological polar surface area (TPSA) is 52.6 Å². The molecule has 0 saturated carbocycles. The molecule has 0 radical (unpaired) electrons. The van der Waals surface area contributed by atoms with Gasteiger partial charge in [-0.25, -0.2) is 0 Å². The minimum absolute atomic E-state index is 0.0283. The van der Waals surface area contributed by atoms with Gasteiger partial charge < -0.3 is 15.3 Å². The van der Waals surface area contributed by atoms with Crippen molar-refractivity contribution in [2.45, 2.75) is 52.7 Å². The number of aliphatic hydroxyl groups is 1. The minimum atomic E-state index is -0.399. The van der Waals surface area contributed by atoms with Crippen molar-refractivity contribution >= 4 is 5.91 Å². The highest BCUT2D eigenvalue weighted by molar-refractivity contribution is 5.76. The lowest BCUT2D eigenvalue weighted by Crippen LogP contribution is -2.42. The van der Waals surface area contributed by atoms with E-state index in [1.54, 1.807) is 6.92 Å². The van der Waals surface area contributed by atoms with Crippen LogP contribution in [0.1, 0.15) is 40.5 Å². The zero-order valence-corrected chi connectivity index (χ0v) is 11.0. The lowest BCUT2D eigenvalue weighted by Gasteiger charge is -2.23. The second-order valence-electron chi connectivity index (χ2n) is 4.34. The van der Waals surface area contributed by atoms with Crippen LogP contribution in [0.5, 0.6) is 0 Å². The van der Waals surface area contributed by atoms with E-state index in [0.717, 1.165) is 19.6 Å². The summed E-state index contributed by atoms with van der Waals surface area (Å²) in [6.07, 6.45) is 0.535. The number of hydrogen-bond acceptors (Lipinski definition) is 3. The third-order valence-electron chi connectivity index (χ3n) is 2.62. The Morgan fingerprint density at radius 2 is 1.88 bits per heavy atom. The van der Waals surface area contributed by atoms with Crippen molar-refractivity contribution in [1.29, 1.82) is 0 Å². The quantitative estimate of drug-likeness (QED) is 0.654. The maximum atomic E-state index is 11.5. The van der Waals surface area contributed by atoms with Crippen LogP contribution in [-0.2, 0) is 4.79 Å². The Morgan fingerprint density at radius 1 is 1.31 bits per heavy atom. The molecule has 0 spiro atoms. The first-order valence-electron chi connectivity index (χ1n) is 6.19. The number of nitrogens with zero attached hydrogens (tertiary/aromatic N) is 1. The molecule has 0 rings (SSSR count). The maximum Gasteiger partial charge on any atom is 0.220 e. The van der Waals surface area contributed by atoms with Gasteiger partial charge >= 0.3 is 0 Å². The molecule has 2 unspecified atom stereocenters. The molecule has 0 fully saturated rings. The number of rotatable bonds is 8. The minimum Gasteiger partial charge on any atom is -0.393 e. The maximum absolute atomic E-state index is 11.5. The summed E-state index contributed by atoms with van der Waals surface area (Å²) in [5.74, 6) is 0.0283. The highest BCUT2D eigenvalue weighted by Gasteiger charge is 2.10. The summed E-state index contributed by atoms with van der Waals surface area (Å²) in [6, 6.07) is 0.168. The molecule has 4 nitrogen and oxygen atoms in total. The van der Waals surface area contributed by atoms with Crippen LogP contribution in [0.3, 0.4) is 0 Å². The van der Waals surface area contributed by atoms with Crippen LogP contribution in [-0.4, -0.2) is 47.7 Å². The number of nitrogens with one attached hydrogen (secondary N) is 1. The van der Waals surface area contributed by atoms with Gasteiger partial charge in [-0.15, -0.1) is 0 Å². The first kappa shape index (κ1) is 15.4. The fourth-order valence-corrected chi connectivity index (χ4v) is 1.60. The standard InChI is InChI=1S/C12H26N2O2/c1-5-14(6-2)9-10(3)13-12(16)8-7-11(4)15/h10-11,15H,5-9H2,1-4H3,(H,13,16). The van der Waals surface area contributed by atoms with E-state index in [1.807, 2.05) is 6.92 Å². The molecule has 2 atom stereocenters. The number of likely N-dealkylation sites (N-methyl/N-ethyl adjacent to an activating group) is 1. The lowest BCUT2D eigenvalue weighted by atomic mass is 10.2. The lowest BCUT2D eigenvalue weighted by molar-refractivity contribution is -0.122. The average Bonchev–Trinajstić information content (AvgIpc) is 2.23. The molecule has 4 heteroatoms. The van der Waals surface area contributed by atoms with Gasteiger partial charge in [0.15, 0.2) is 0 Å². The molecule has 0 aliphatic heterocycles. The third kappa shape index (κ3) is 7.65. The van der Waals surface area contributed by atoms with Gasteiger partial charge in [0.1, 0.15) is 0 Å². The summed E-state index contributed by atoms with van der Waals surface area (Å²) in [6.45, 7) is 10.8. The van der Waals surface area contributed by atoms with E-state index >= 15 is 0 Å². The molecule has 1 amide bonds. The molecule has 16 heavy (non-hydrogen) atoms. The summed E-state index contributed by atoms with van der Waals surface area (Å²) in [4.78, 5) is 13.8. The predicted octanol–water partition coefficient (Wildman–Crippen LogP) is 0.994. The molecule has 0 heterocycles. The van der Waals surface area contributed by atoms with Gasteiger partial charge in [0.2, 0.25) is 5.91 Å². The van der Waals surface area contributed by atoms with Crippen LogP contribution in [0.4, 0.5) is 0 Å². The fourth-order valence-electron chi connectivity index (χ4n) is 1.60. The molecule has 0 aromatic carbocycles. The van der Waals surface area contributed by atoms with Gasteiger partial charge in [0.25, 0.3) is 0 Å². The smallest absolute Gasteiger partial charge is 0.220 e. The van der Waals surface area contributed by atoms with Crippen molar-refractivity contribution in [3.8, 4) is 0 Å². The SMILES string of the molecule is CCN(CC)CC(C)NC(=O)CCC(C)O. The highest BCUT2D eigenvalue weighted by atomic mass is 16.3. The largest absolute Gasteiger partial charge is 0.393 e.